The predicted molar refractivity (Wildman–Crippen MR) is 50.2 cm³/mol. The smallest absolute Gasteiger partial charge is 0.320 e. The average molecular weight is 199 g/mol. The number of hydrogen-bond donors (Lipinski definition) is 2. The monoisotopic (exact) mass is 199 g/mol. The van der Waals surface area contributed by atoms with Gasteiger partial charge in [0.15, 0.2) is 11.3 Å². The fraction of sp³-hybridized carbons (Fsp3) is 0.286. The van der Waals surface area contributed by atoms with Crippen LogP contribution < -0.4 is 10.6 Å². The van der Waals surface area contributed by atoms with Crippen LogP contribution in [0.15, 0.2) is 5.38 Å². The predicted octanol–water partition coefficient (Wildman–Crippen LogP) is 1.10. The molecule has 0 unspecified atom stereocenters. The lowest BCUT2D eigenvalue weighted by atomic mass is 10.7. The molecule has 0 aliphatic carbocycles. The molecule has 0 aliphatic rings. The van der Waals surface area contributed by atoms with Gasteiger partial charge in [0, 0.05) is 11.9 Å². The summed E-state index contributed by atoms with van der Waals surface area (Å²) in [6.45, 7) is 2.37. The van der Waals surface area contributed by atoms with E-state index < -0.39 is 0 Å². The van der Waals surface area contributed by atoms with Crippen LogP contribution >= 0.6 is 11.3 Å². The minimum Gasteiger partial charge on any atom is -0.338 e. The van der Waals surface area contributed by atoms with E-state index in [9.17, 15) is 9.59 Å². The zero-order valence-corrected chi connectivity index (χ0v) is 7.85. The summed E-state index contributed by atoms with van der Waals surface area (Å²) < 4.78 is 0. The van der Waals surface area contributed by atoms with Crippen molar-refractivity contribution in [2.24, 2.45) is 0 Å². The van der Waals surface area contributed by atoms with Crippen molar-refractivity contribution in [1.82, 2.24) is 10.3 Å². The second-order valence-corrected chi connectivity index (χ2v) is 3.06. The maximum atomic E-state index is 11.0. The average Bonchev–Trinajstić information content (AvgIpc) is 2.52. The molecule has 0 saturated carbocycles. The Morgan fingerprint density at radius 3 is 3.08 bits per heavy atom. The molecule has 13 heavy (non-hydrogen) atoms. The molecule has 2 N–H and O–H groups in total. The van der Waals surface area contributed by atoms with E-state index in [4.69, 9.17) is 0 Å². The quantitative estimate of drug-likeness (QED) is 0.716. The van der Waals surface area contributed by atoms with Crippen molar-refractivity contribution in [3.63, 3.8) is 0 Å². The third-order valence-corrected chi connectivity index (χ3v) is 1.97. The number of nitrogens with one attached hydrogen (secondary N) is 2. The number of hydrogen-bond acceptors (Lipinski definition) is 4. The van der Waals surface area contributed by atoms with Crippen LogP contribution in [-0.2, 0) is 0 Å². The third-order valence-electron chi connectivity index (χ3n) is 1.20. The summed E-state index contributed by atoms with van der Waals surface area (Å²) in [7, 11) is 0. The molecule has 1 aromatic rings. The Morgan fingerprint density at radius 1 is 1.77 bits per heavy atom. The van der Waals surface area contributed by atoms with Crippen molar-refractivity contribution in [3.8, 4) is 0 Å². The first kappa shape index (κ1) is 9.66. The van der Waals surface area contributed by atoms with Crippen LogP contribution in [0.1, 0.15) is 16.7 Å². The molecular formula is C7H9N3O2S. The zero-order valence-electron chi connectivity index (χ0n) is 7.03. The van der Waals surface area contributed by atoms with Gasteiger partial charge in [0.25, 0.3) is 0 Å². The topological polar surface area (TPSA) is 71.1 Å². The first-order valence-corrected chi connectivity index (χ1v) is 4.59. The highest BCUT2D eigenvalue weighted by molar-refractivity contribution is 7.11. The number of aromatic nitrogens is 1. The van der Waals surface area contributed by atoms with Gasteiger partial charge in [-0.15, -0.1) is 11.3 Å². The van der Waals surface area contributed by atoms with Gasteiger partial charge in [-0.3, -0.25) is 10.1 Å². The maximum Gasteiger partial charge on any atom is 0.320 e. The summed E-state index contributed by atoms with van der Waals surface area (Å²) in [4.78, 5) is 25.0. The Bertz CT molecular complexity index is 310. The molecule has 0 fully saturated rings. The van der Waals surface area contributed by atoms with Gasteiger partial charge in [-0.2, -0.15) is 0 Å². The Morgan fingerprint density at radius 2 is 2.54 bits per heavy atom. The highest BCUT2D eigenvalue weighted by atomic mass is 32.1. The van der Waals surface area contributed by atoms with Gasteiger partial charge in [0.05, 0.1) is 0 Å². The number of carbonyl (C=O) groups excluding carboxylic acids is 2. The van der Waals surface area contributed by atoms with Gasteiger partial charge in [-0.05, 0) is 6.92 Å². The Labute approximate surface area is 79.2 Å². The fourth-order valence-electron chi connectivity index (χ4n) is 0.720. The second-order valence-electron chi connectivity index (χ2n) is 2.17. The lowest BCUT2D eigenvalue weighted by Gasteiger charge is -2.00. The number of aldehydes is 1. The Hall–Kier alpha value is -1.43. The van der Waals surface area contributed by atoms with Gasteiger partial charge in [0.2, 0.25) is 0 Å². The standard InChI is InChI=1S/C7H9N3O2S/c1-2-8-7(12)10-5-4-13-6(3-11)9-5/h3-4H,2H2,1H3,(H2,8,10,12). The van der Waals surface area contributed by atoms with E-state index in [2.05, 4.69) is 15.6 Å². The minimum absolute atomic E-state index is 0.315. The van der Waals surface area contributed by atoms with E-state index in [0.29, 0.717) is 23.7 Å². The van der Waals surface area contributed by atoms with Crippen molar-refractivity contribution in [3.05, 3.63) is 10.4 Å². The van der Waals surface area contributed by atoms with Crippen LogP contribution in [0.2, 0.25) is 0 Å². The first-order chi connectivity index (χ1) is 6.26. The van der Waals surface area contributed by atoms with E-state index >= 15 is 0 Å². The molecule has 5 nitrogen and oxygen atoms in total. The van der Waals surface area contributed by atoms with Crippen LogP contribution in [0.5, 0.6) is 0 Å². The van der Waals surface area contributed by atoms with Crippen molar-refractivity contribution in [2.45, 2.75) is 6.92 Å². The van der Waals surface area contributed by atoms with Gasteiger partial charge in [0.1, 0.15) is 5.82 Å². The highest BCUT2D eigenvalue weighted by Gasteiger charge is 2.03. The van der Waals surface area contributed by atoms with Crippen LogP contribution in [0, 0.1) is 0 Å². The summed E-state index contributed by atoms with van der Waals surface area (Å²) in [6, 6.07) is -0.315. The van der Waals surface area contributed by atoms with E-state index in [-0.39, 0.29) is 6.03 Å². The largest absolute Gasteiger partial charge is 0.338 e. The fourth-order valence-corrected chi connectivity index (χ4v) is 1.27. The van der Waals surface area contributed by atoms with E-state index in [1.807, 2.05) is 6.92 Å². The molecule has 1 aromatic heterocycles. The summed E-state index contributed by atoms with van der Waals surface area (Å²) in [5, 5.41) is 7.00. The highest BCUT2D eigenvalue weighted by Crippen LogP contribution is 2.11. The van der Waals surface area contributed by atoms with Crippen molar-refractivity contribution >= 4 is 29.5 Å². The SMILES string of the molecule is CCNC(=O)Nc1csc(C=O)n1. The number of urea groups is 1. The normalized spacial score (nSPS) is 9.31. The van der Waals surface area contributed by atoms with Gasteiger partial charge < -0.3 is 5.32 Å². The van der Waals surface area contributed by atoms with Crippen LogP contribution in [0.4, 0.5) is 10.6 Å². The maximum absolute atomic E-state index is 11.0. The molecule has 1 rings (SSSR count). The van der Waals surface area contributed by atoms with Crippen molar-refractivity contribution in [1.29, 1.82) is 0 Å². The van der Waals surface area contributed by atoms with E-state index in [1.54, 1.807) is 5.38 Å². The molecule has 0 aliphatic heterocycles. The van der Waals surface area contributed by atoms with E-state index in [0.717, 1.165) is 0 Å². The third kappa shape index (κ3) is 2.83. The molecule has 6 heteroatoms. The summed E-state index contributed by atoms with van der Waals surface area (Å²) in [5.41, 5.74) is 0. The molecule has 0 spiro atoms. The van der Waals surface area contributed by atoms with Gasteiger partial charge >= 0.3 is 6.03 Å². The summed E-state index contributed by atoms with van der Waals surface area (Å²) >= 11 is 1.19. The van der Waals surface area contributed by atoms with Crippen molar-refractivity contribution in [2.75, 3.05) is 11.9 Å². The number of nitrogens with zero attached hydrogens (tertiary/aromatic N) is 1. The molecule has 2 amide bonds. The van der Waals surface area contributed by atoms with Crippen LogP contribution in [0.3, 0.4) is 0 Å². The number of anilines is 1. The molecule has 0 aromatic carbocycles. The minimum atomic E-state index is -0.315. The number of rotatable bonds is 3. The first-order valence-electron chi connectivity index (χ1n) is 3.71. The lowest BCUT2D eigenvalue weighted by molar-refractivity contribution is 0.112. The molecule has 0 bridgehead atoms. The van der Waals surface area contributed by atoms with Crippen LogP contribution in [-0.4, -0.2) is 23.8 Å². The molecule has 70 valence electrons. The zero-order chi connectivity index (χ0) is 9.68. The van der Waals surface area contributed by atoms with Gasteiger partial charge in [-0.25, -0.2) is 9.78 Å². The number of carbonyl (C=O) groups is 2. The number of thiazole rings is 1. The molecule has 0 saturated heterocycles. The molecule has 0 atom stereocenters. The Kier molecular flexibility index (Phi) is 3.39. The van der Waals surface area contributed by atoms with Gasteiger partial charge in [-0.1, -0.05) is 0 Å². The summed E-state index contributed by atoms with van der Waals surface area (Å²) in [5.74, 6) is 0.401. The molecule has 1 heterocycles. The Balaban J connectivity index is 2.53. The van der Waals surface area contributed by atoms with E-state index in [1.165, 1.54) is 11.3 Å². The second kappa shape index (κ2) is 4.56. The number of amides is 2. The molecule has 0 radical (unpaired) electrons. The molecular weight excluding hydrogens is 190 g/mol. The van der Waals surface area contributed by atoms with Crippen molar-refractivity contribution < 1.29 is 9.59 Å². The van der Waals surface area contributed by atoms with Crippen LogP contribution in [0.25, 0.3) is 0 Å². The summed E-state index contributed by atoms with van der Waals surface area (Å²) in [6.07, 6.45) is 0.646. The lowest BCUT2D eigenvalue weighted by Crippen LogP contribution is -2.28.